The van der Waals surface area contributed by atoms with E-state index >= 15 is 0 Å². The Bertz CT molecular complexity index is 360. The van der Waals surface area contributed by atoms with E-state index in [1.807, 2.05) is 0 Å². The standard InChI is InChI=1S/C21H48ClN3O3Si/c1-11-21(22)29(26-18(8)23(12-2)13-3,27-19(9)24(14-4)15-5)28-20(10)25(16-6)17-7/h18-21H,11-17H2,1-10H3. The van der Waals surface area contributed by atoms with E-state index in [1.165, 1.54) is 0 Å². The topological polar surface area (TPSA) is 37.4 Å². The summed E-state index contributed by atoms with van der Waals surface area (Å²) < 4.78 is 20.1. The van der Waals surface area contributed by atoms with Crippen LogP contribution >= 0.6 is 11.6 Å². The number of alkyl halides is 1. The lowest BCUT2D eigenvalue weighted by molar-refractivity contribution is -0.104. The minimum absolute atomic E-state index is 0.128. The van der Waals surface area contributed by atoms with Gasteiger partial charge in [0.15, 0.2) is 0 Å². The fourth-order valence-electron chi connectivity index (χ4n) is 3.71. The van der Waals surface area contributed by atoms with Crippen LogP contribution in [0.1, 0.15) is 75.7 Å². The summed E-state index contributed by atoms with van der Waals surface area (Å²) in [5.41, 5.74) is 0. The first kappa shape index (κ1) is 29.3. The maximum absolute atomic E-state index is 6.92. The fourth-order valence-corrected chi connectivity index (χ4v) is 7.15. The molecule has 0 aliphatic rings. The lowest BCUT2D eigenvalue weighted by atomic mass is 10.5. The quantitative estimate of drug-likeness (QED) is 0.182. The summed E-state index contributed by atoms with van der Waals surface area (Å²) in [7, 11) is -3.23. The monoisotopic (exact) mass is 453 g/mol. The molecule has 4 unspecified atom stereocenters. The summed E-state index contributed by atoms with van der Waals surface area (Å²) in [6, 6.07) is 0. The van der Waals surface area contributed by atoms with Crippen molar-refractivity contribution in [2.75, 3.05) is 39.3 Å². The number of hydrogen-bond acceptors (Lipinski definition) is 6. The minimum Gasteiger partial charge on any atom is -0.356 e. The van der Waals surface area contributed by atoms with E-state index < -0.39 is 8.80 Å². The van der Waals surface area contributed by atoms with Gasteiger partial charge in [-0.15, -0.1) is 11.6 Å². The highest BCUT2D eigenvalue weighted by Gasteiger charge is 2.53. The van der Waals surface area contributed by atoms with Gasteiger partial charge in [-0.05, 0) is 66.5 Å². The molecular formula is C21H48ClN3O3Si. The van der Waals surface area contributed by atoms with Crippen molar-refractivity contribution in [1.82, 2.24) is 14.7 Å². The lowest BCUT2D eigenvalue weighted by Gasteiger charge is -2.43. The maximum Gasteiger partial charge on any atom is 0.523 e. The molecule has 0 saturated carbocycles. The highest BCUT2D eigenvalue weighted by Crippen LogP contribution is 2.29. The molecule has 0 aromatic carbocycles. The van der Waals surface area contributed by atoms with Crippen molar-refractivity contribution in [2.45, 2.75) is 99.3 Å². The molecule has 0 heterocycles. The molecule has 0 rings (SSSR count). The third-order valence-electron chi connectivity index (χ3n) is 5.73. The van der Waals surface area contributed by atoms with Crippen molar-refractivity contribution in [2.24, 2.45) is 0 Å². The second-order valence-electron chi connectivity index (χ2n) is 7.29. The predicted molar refractivity (Wildman–Crippen MR) is 126 cm³/mol. The highest BCUT2D eigenvalue weighted by atomic mass is 35.5. The summed E-state index contributed by atoms with van der Waals surface area (Å²) in [6.07, 6.45) is 0.348. The van der Waals surface area contributed by atoms with Crippen molar-refractivity contribution >= 4 is 20.4 Å². The molecule has 0 aliphatic carbocycles. The number of halogens is 1. The Labute approximate surface area is 187 Å². The smallest absolute Gasteiger partial charge is 0.356 e. The van der Waals surface area contributed by atoms with Gasteiger partial charge in [0.1, 0.15) is 23.7 Å². The molecule has 0 fully saturated rings. The molecule has 0 spiro atoms. The Morgan fingerprint density at radius 2 is 0.828 bits per heavy atom. The van der Waals surface area contributed by atoms with Gasteiger partial charge in [-0.1, -0.05) is 48.5 Å². The summed E-state index contributed by atoms with van der Waals surface area (Å²) in [4.78, 5) is 6.79. The van der Waals surface area contributed by atoms with E-state index in [9.17, 15) is 0 Å². The van der Waals surface area contributed by atoms with Gasteiger partial charge in [-0.2, -0.15) is 0 Å². The second-order valence-corrected chi connectivity index (χ2v) is 10.8. The largest absolute Gasteiger partial charge is 0.523 e. The van der Waals surface area contributed by atoms with Crippen molar-refractivity contribution in [3.8, 4) is 0 Å². The molecule has 0 aromatic rings. The molecule has 0 saturated heterocycles. The Balaban J connectivity index is 5.99. The van der Waals surface area contributed by atoms with Crippen LogP contribution in [0, 0.1) is 0 Å². The van der Waals surface area contributed by atoms with Crippen LogP contribution < -0.4 is 0 Å². The summed E-state index contributed by atoms with van der Waals surface area (Å²) >= 11 is 6.92. The average molecular weight is 454 g/mol. The van der Waals surface area contributed by atoms with E-state index in [1.54, 1.807) is 0 Å². The van der Waals surface area contributed by atoms with Crippen LogP contribution in [0.3, 0.4) is 0 Å². The number of hydrogen-bond donors (Lipinski definition) is 0. The normalized spacial score (nSPS) is 18.8. The van der Waals surface area contributed by atoms with Gasteiger partial charge in [-0.3, -0.25) is 14.7 Å². The Morgan fingerprint density at radius 3 is 1.00 bits per heavy atom. The van der Waals surface area contributed by atoms with Crippen LogP contribution in [-0.4, -0.2) is 86.5 Å². The van der Waals surface area contributed by atoms with Crippen LogP contribution in [0.2, 0.25) is 0 Å². The first-order valence-electron chi connectivity index (χ1n) is 11.6. The number of nitrogens with zero attached hydrogens (tertiary/aromatic N) is 3. The van der Waals surface area contributed by atoms with Crippen LogP contribution in [0.5, 0.6) is 0 Å². The van der Waals surface area contributed by atoms with Crippen LogP contribution in [0.4, 0.5) is 0 Å². The third-order valence-corrected chi connectivity index (χ3v) is 10.0. The van der Waals surface area contributed by atoms with Gasteiger partial charge >= 0.3 is 8.80 Å². The third kappa shape index (κ3) is 8.73. The van der Waals surface area contributed by atoms with E-state index in [0.717, 1.165) is 45.7 Å². The van der Waals surface area contributed by atoms with Crippen LogP contribution in [0.15, 0.2) is 0 Å². The SMILES string of the molecule is CCC(Cl)[Si](OC(C)N(CC)CC)(OC(C)N(CC)CC)OC(C)N(CC)CC. The molecule has 4 atom stereocenters. The average Bonchev–Trinajstić information content (AvgIpc) is 2.69. The molecule has 0 aromatic heterocycles. The van der Waals surface area contributed by atoms with Crippen molar-refractivity contribution < 1.29 is 13.3 Å². The minimum atomic E-state index is -3.23. The molecule has 176 valence electrons. The molecule has 0 amide bonds. The van der Waals surface area contributed by atoms with E-state index in [0.29, 0.717) is 0 Å². The number of rotatable bonds is 17. The van der Waals surface area contributed by atoms with Gasteiger partial charge in [0.2, 0.25) is 0 Å². The first-order chi connectivity index (χ1) is 13.7. The zero-order chi connectivity index (χ0) is 22.6. The van der Waals surface area contributed by atoms with Gasteiger partial charge in [-0.25, -0.2) is 0 Å². The van der Waals surface area contributed by atoms with Gasteiger partial charge in [0, 0.05) is 0 Å². The summed E-state index contributed by atoms with van der Waals surface area (Å²) in [5.74, 6) is 0. The van der Waals surface area contributed by atoms with E-state index in [4.69, 9.17) is 24.9 Å². The van der Waals surface area contributed by atoms with Crippen LogP contribution in [0.25, 0.3) is 0 Å². The second kappa shape index (κ2) is 15.1. The summed E-state index contributed by atoms with van der Waals surface area (Å²) in [5, 5.41) is -0.309. The first-order valence-corrected chi connectivity index (χ1v) is 13.8. The molecule has 6 nitrogen and oxygen atoms in total. The van der Waals surface area contributed by atoms with Crippen LogP contribution in [-0.2, 0) is 13.3 Å². The van der Waals surface area contributed by atoms with Crippen molar-refractivity contribution in [3.63, 3.8) is 0 Å². The molecule has 29 heavy (non-hydrogen) atoms. The molecule has 0 N–H and O–H groups in total. The Kier molecular flexibility index (Phi) is 15.3. The predicted octanol–water partition coefficient (Wildman–Crippen LogP) is 4.60. The molecule has 8 heteroatoms. The summed E-state index contributed by atoms with van der Waals surface area (Å²) in [6.45, 7) is 26.6. The van der Waals surface area contributed by atoms with E-state index in [-0.39, 0.29) is 23.7 Å². The zero-order valence-corrected chi connectivity index (χ0v) is 22.5. The Hall–Kier alpha value is 0.267. The fraction of sp³-hybridized carbons (Fsp3) is 1.00. The van der Waals surface area contributed by atoms with Gasteiger partial charge in [0.05, 0.1) is 0 Å². The lowest BCUT2D eigenvalue weighted by Crippen LogP contribution is -2.63. The van der Waals surface area contributed by atoms with Gasteiger partial charge in [0.25, 0.3) is 0 Å². The van der Waals surface area contributed by atoms with Crippen molar-refractivity contribution in [1.29, 1.82) is 0 Å². The molecular weight excluding hydrogens is 406 g/mol. The zero-order valence-electron chi connectivity index (χ0n) is 20.7. The van der Waals surface area contributed by atoms with Crippen molar-refractivity contribution in [3.05, 3.63) is 0 Å². The van der Waals surface area contributed by atoms with E-state index in [2.05, 4.69) is 83.9 Å². The molecule has 0 bridgehead atoms. The maximum atomic E-state index is 6.92. The Morgan fingerprint density at radius 1 is 0.586 bits per heavy atom. The molecule has 0 aliphatic heterocycles. The molecule has 0 radical (unpaired) electrons. The highest BCUT2D eigenvalue weighted by molar-refractivity contribution is 6.71. The van der Waals surface area contributed by atoms with Gasteiger partial charge < -0.3 is 13.3 Å².